The molecule has 154 valence electrons. The maximum absolute atomic E-state index is 12.3. The van der Waals surface area contributed by atoms with Crippen molar-refractivity contribution in [3.05, 3.63) is 0 Å². The number of halogens is 1. The smallest absolute Gasteiger partial charge is 0.410 e. The normalized spacial score (nSPS) is 16.1. The number of piperidine rings is 1. The zero-order valence-electron chi connectivity index (χ0n) is 17.0. The van der Waals surface area contributed by atoms with Gasteiger partial charge in [-0.3, -0.25) is 4.99 Å². The topological polar surface area (TPSA) is 77.4 Å². The monoisotopic (exact) mass is 484 g/mol. The number of nitrogens with zero attached hydrogens (tertiary/aromatic N) is 3. The Morgan fingerprint density at radius 1 is 1.27 bits per heavy atom. The van der Waals surface area contributed by atoms with E-state index in [1.165, 1.54) is 0 Å². The Morgan fingerprint density at radius 3 is 2.38 bits per heavy atom. The maximum Gasteiger partial charge on any atom is 0.410 e. The van der Waals surface area contributed by atoms with Crippen molar-refractivity contribution in [3.8, 4) is 0 Å². The molecule has 26 heavy (non-hydrogen) atoms. The fourth-order valence-electron chi connectivity index (χ4n) is 2.67. The summed E-state index contributed by atoms with van der Waals surface area (Å²) in [6, 6.07) is 0. The standard InChI is InChI=1S/C18H36N4O3.HI/c1-6-11-22(17(24)25-18(3,4)5)14-10-20-16(19-7-2)21-12-8-15(23)9-13-21;/h15,23H,6-14H2,1-5H3,(H,19,20);1H. The van der Waals surface area contributed by atoms with E-state index in [1.54, 1.807) is 4.90 Å². The first kappa shape index (κ1) is 25.2. The van der Waals surface area contributed by atoms with Gasteiger partial charge in [-0.25, -0.2) is 4.79 Å². The molecule has 0 atom stereocenters. The van der Waals surface area contributed by atoms with Crippen LogP contribution in [-0.4, -0.2) is 77.9 Å². The van der Waals surface area contributed by atoms with Crippen molar-refractivity contribution < 1.29 is 14.6 Å². The number of hydrogen-bond donors (Lipinski definition) is 2. The molecule has 8 heteroatoms. The van der Waals surface area contributed by atoms with E-state index in [9.17, 15) is 9.90 Å². The highest BCUT2D eigenvalue weighted by molar-refractivity contribution is 14.0. The van der Waals surface area contributed by atoms with Crippen molar-refractivity contribution in [1.82, 2.24) is 15.1 Å². The van der Waals surface area contributed by atoms with Crippen molar-refractivity contribution in [1.29, 1.82) is 0 Å². The van der Waals surface area contributed by atoms with E-state index < -0.39 is 5.60 Å². The maximum atomic E-state index is 12.3. The minimum atomic E-state index is -0.490. The molecular formula is C18H37IN4O3. The summed E-state index contributed by atoms with van der Waals surface area (Å²) in [5.41, 5.74) is -0.490. The van der Waals surface area contributed by atoms with Crippen LogP contribution in [0.4, 0.5) is 4.79 Å². The molecule has 0 aromatic carbocycles. The second kappa shape index (κ2) is 12.6. The number of amides is 1. The number of aliphatic imine (C=N–C) groups is 1. The number of nitrogens with one attached hydrogen (secondary N) is 1. The number of aliphatic hydroxyl groups is 1. The fraction of sp³-hybridized carbons (Fsp3) is 0.889. The minimum Gasteiger partial charge on any atom is -0.444 e. The van der Waals surface area contributed by atoms with Crippen LogP contribution in [0.25, 0.3) is 0 Å². The van der Waals surface area contributed by atoms with Gasteiger partial charge < -0.3 is 25.0 Å². The molecule has 1 fully saturated rings. The van der Waals surface area contributed by atoms with Crippen molar-refractivity contribution in [2.24, 2.45) is 4.99 Å². The lowest BCUT2D eigenvalue weighted by Gasteiger charge is -2.32. The summed E-state index contributed by atoms with van der Waals surface area (Å²) in [4.78, 5) is 20.8. The Balaban J connectivity index is 0.00000625. The molecule has 1 aliphatic rings. The third-order valence-electron chi connectivity index (χ3n) is 3.88. The number of hydrogen-bond acceptors (Lipinski definition) is 4. The first-order valence-corrected chi connectivity index (χ1v) is 9.46. The Hall–Kier alpha value is -0.770. The molecule has 0 saturated carbocycles. The van der Waals surface area contributed by atoms with E-state index in [-0.39, 0.29) is 36.2 Å². The van der Waals surface area contributed by atoms with Crippen molar-refractivity contribution in [2.45, 2.75) is 65.6 Å². The van der Waals surface area contributed by atoms with E-state index in [1.807, 2.05) is 34.6 Å². The number of carbonyl (C=O) groups is 1. The van der Waals surface area contributed by atoms with E-state index in [2.05, 4.69) is 15.2 Å². The Bertz CT molecular complexity index is 433. The average molecular weight is 484 g/mol. The van der Waals surface area contributed by atoms with Crippen LogP contribution >= 0.6 is 24.0 Å². The first-order chi connectivity index (χ1) is 11.8. The quantitative estimate of drug-likeness (QED) is 0.345. The first-order valence-electron chi connectivity index (χ1n) is 9.46. The van der Waals surface area contributed by atoms with Crippen LogP contribution in [0, 0.1) is 0 Å². The van der Waals surface area contributed by atoms with Gasteiger partial charge in [0.15, 0.2) is 5.96 Å². The highest BCUT2D eigenvalue weighted by atomic mass is 127. The molecule has 1 rings (SSSR count). The lowest BCUT2D eigenvalue weighted by atomic mass is 10.1. The Kier molecular flexibility index (Phi) is 12.2. The predicted octanol–water partition coefficient (Wildman–Crippen LogP) is 2.67. The van der Waals surface area contributed by atoms with Crippen LogP contribution < -0.4 is 5.32 Å². The van der Waals surface area contributed by atoms with Gasteiger partial charge >= 0.3 is 6.09 Å². The third kappa shape index (κ3) is 9.80. The molecular weight excluding hydrogens is 447 g/mol. The predicted molar refractivity (Wildman–Crippen MR) is 116 cm³/mol. The van der Waals surface area contributed by atoms with Crippen LogP contribution in [0.5, 0.6) is 0 Å². The number of guanidine groups is 1. The van der Waals surface area contributed by atoms with Crippen LogP contribution in [0.15, 0.2) is 4.99 Å². The number of aliphatic hydroxyl groups excluding tert-OH is 1. The van der Waals surface area contributed by atoms with Gasteiger partial charge in [-0.05, 0) is 47.0 Å². The Morgan fingerprint density at radius 2 is 1.88 bits per heavy atom. The molecule has 0 bridgehead atoms. The van der Waals surface area contributed by atoms with Crippen molar-refractivity contribution >= 4 is 36.0 Å². The lowest BCUT2D eigenvalue weighted by molar-refractivity contribution is 0.0255. The summed E-state index contributed by atoms with van der Waals surface area (Å²) in [5.74, 6) is 0.857. The van der Waals surface area contributed by atoms with Crippen LogP contribution in [0.3, 0.4) is 0 Å². The van der Waals surface area contributed by atoms with Gasteiger partial charge in [-0.1, -0.05) is 6.92 Å². The van der Waals surface area contributed by atoms with E-state index in [4.69, 9.17) is 4.74 Å². The zero-order chi connectivity index (χ0) is 18.9. The second-order valence-electron chi connectivity index (χ2n) is 7.42. The summed E-state index contributed by atoms with van der Waals surface area (Å²) in [6.45, 7) is 13.8. The molecule has 1 saturated heterocycles. The SMILES string of the molecule is CCCN(CCN=C(NCC)N1CCC(O)CC1)C(=O)OC(C)(C)C.I. The number of ether oxygens (including phenoxy) is 1. The van der Waals surface area contributed by atoms with Gasteiger partial charge in [0, 0.05) is 32.7 Å². The average Bonchev–Trinajstić information content (AvgIpc) is 2.52. The van der Waals surface area contributed by atoms with Crippen molar-refractivity contribution in [2.75, 3.05) is 39.3 Å². The summed E-state index contributed by atoms with van der Waals surface area (Å²) in [5, 5.41) is 13.0. The van der Waals surface area contributed by atoms with Gasteiger partial charge in [-0.2, -0.15) is 0 Å². The molecule has 0 aromatic rings. The summed E-state index contributed by atoms with van der Waals surface area (Å²) >= 11 is 0. The van der Waals surface area contributed by atoms with Gasteiger partial charge in [0.25, 0.3) is 0 Å². The molecule has 0 aromatic heterocycles. The summed E-state index contributed by atoms with van der Waals surface area (Å²) < 4.78 is 5.47. The summed E-state index contributed by atoms with van der Waals surface area (Å²) in [7, 11) is 0. The van der Waals surface area contributed by atoms with Crippen molar-refractivity contribution in [3.63, 3.8) is 0 Å². The Labute approximate surface area is 175 Å². The van der Waals surface area contributed by atoms with Gasteiger partial charge in [-0.15, -0.1) is 24.0 Å². The summed E-state index contributed by atoms with van der Waals surface area (Å²) in [6.07, 6.45) is 1.93. The zero-order valence-corrected chi connectivity index (χ0v) is 19.3. The third-order valence-corrected chi connectivity index (χ3v) is 3.88. The van der Waals surface area contributed by atoms with Gasteiger partial charge in [0.05, 0.1) is 12.6 Å². The molecule has 0 aliphatic carbocycles. The molecule has 2 N–H and O–H groups in total. The van der Waals surface area contributed by atoms with Gasteiger partial charge in [0.1, 0.15) is 5.60 Å². The number of likely N-dealkylation sites (tertiary alicyclic amines) is 1. The number of carbonyl (C=O) groups excluding carboxylic acids is 1. The molecule has 1 amide bonds. The van der Waals surface area contributed by atoms with E-state index in [0.29, 0.717) is 19.6 Å². The molecule has 0 spiro atoms. The van der Waals surface area contributed by atoms with Crippen LogP contribution in [0.2, 0.25) is 0 Å². The number of rotatable bonds is 6. The highest BCUT2D eigenvalue weighted by Gasteiger charge is 2.22. The second-order valence-corrected chi connectivity index (χ2v) is 7.42. The molecule has 1 heterocycles. The molecule has 1 aliphatic heterocycles. The minimum absolute atomic E-state index is 0. The molecule has 0 radical (unpaired) electrons. The lowest BCUT2D eigenvalue weighted by Crippen LogP contribution is -2.47. The highest BCUT2D eigenvalue weighted by Crippen LogP contribution is 2.11. The van der Waals surface area contributed by atoms with Crippen LogP contribution in [0.1, 0.15) is 53.9 Å². The van der Waals surface area contributed by atoms with E-state index in [0.717, 1.165) is 44.9 Å². The molecule has 0 unspecified atom stereocenters. The van der Waals surface area contributed by atoms with E-state index >= 15 is 0 Å². The fourth-order valence-corrected chi connectivity index (χ4v) is 2.67. The van der Waals surface area contributed by atoms with Gasteiger partial charge in [0.2, 0.25) is 0 Å². The molecule has 7 nitrogen and oxygen atoms in total. The van der Waals surface area contributed by atoms with Crippen LogP contribution in [-0.2, 0) is 4.74 Å². The largest absolute Gasteiger partial charge is 0.444 e.